The van der Waals surface area contributed by atoms with Crippen LogP contribution in [0.4, 0.5) is 25.8 Å². The number of ether oxygens (including phenoxy) is 2. The maximum absolute atomic E-state index is 12.7. The smallest absolute Gasteiger partial charge is 0.414 e. The van der Waals surface area contributed by atoms with Crippen molar-refractivity contribution in [2.24, 2.45) is 4.99 Å². The summed E-state index contributed by atoms with van der Waals surface area (Å²) in [4.78, 5) is 74.0. The molecule has 2 atom stereocenters. The van der Waals surface area contributed by atoms with E-state index in [1.165, 1.54) is 55.5 Å². The van der Waals surface area contributed by atoms with Crippen molar-refractivity contribution in [1.82, 2.24) is 20.9 Å². The molecule has 1 heterocycles. The molecule has 1 aliphatic heterocycles. The lowest BCUT2D eigenvalue weighted by Crippen LogP contribution is -2.47. The lowest BCUT2D eigenvalue weighted by Gasteiger charge is -2.19. The van der Waals surface area contributed by atoms with Crippen LogP contribution < -0.4 is 21.1 Å². The first-order valence-electron chi connectivity index (χ1n) is 12.6. The number of non-ortho nitro benzene ring substituents is 2. The Morgan fingerprint density at radius 1 is 0.907 bits per heavy atom. The second-order valence-corrected chi connectivity index (χ2v) is 9.11. The van der Waals surface area contributed by atoms with Crippen molar-refractivity contribution < 1.29 is 43.6 Å². The van der Waals surface area contributed by atoms with E-state index in [1.54, 1.807) is 0 Å². The molecule has 4 amide bonds. The number of nitro groups is 2. The highest BCUT2D eigenvalue weighted by atomic mass is 16.6. The van der Waals surface area contributed by atoms with Gasteiger partial charge in [0.05, 0.1) is 9.85 Å². The topological polar surface area (TPSA) is 248 Å². The van der Waals surface area contributed by atoms with Gasteiger partial charge >= 0.3 is 12.2 Å². The molecular formula is C25H26N7O11-. The molecule has 18 heteroatoms. The zero-order valence-electron chi connectivity index (χ0n) is 22.6. The molecule has 0 spiro atoms. The summed E-state index contributed by atoms with van der Waals surface area (Å²) in [6.07, 6.45) is -3.21. The molecule has 43 heavy (non-hydrogen) atoms. The molecule has 0 aliphatic carbocycles. The molecular weight excluding hydrogens is 574 g/mol. The van der Waals surface area contributed by atoms with E-state index in [1.807, 2.05) is 0 Å². The van der Waals surface area contributed by atoms with E-state index >= 15 is 0 Å². The number of carbonyl (C=O) groups is 4. The van der Waals surface area contributed by atoms with Crippen LogP contribution in [0.15, 0.2) is 53.5 Å². The Kier molecular flexibility index (Phi) is 10.9. The highest BCUT2D eigenvalue weighted by Crippen LogP contribution is 2.14. The van der Waals surface area contributed by atoms with Crippen LogP contribution in [0.25, 0.3) is 0 Å². The normalized spacial score (nSPS) is 14.5. The van der Waals surface area contributed by atoms with Crippen molar-refractivity contribution in [2.75, 3.05) is 13.1 Å². The number of likely N-dealkylation sites (tertiary alicyclic amines) is 1. The summed E-state index contributed by atoms with van der Waals surface area (Å²) in [5.41, 5.74) is 0.529. The summed E-state index contributed by atoms with van der Waals surface area (Å²) in [5.74, 6) is -1.15. The van der Waals surface area contributed by atoms with Crippen molar-refractivity contribution in [3.8, 4) is 0 Å². The Hall–Kier alpha value is -5.81. The minimum Gasteiger partial charge on any atom is -0.530 e. The number of nitro benzene ring substituents is 2. The van der Waals surface area contributed by atoms with Crippen molar-refractivity contribution in [2.45, 2.75) is 38.6 Å². The Balaban J connectivity index is 1.63. The molecule has 1 aliphatic rings. The molecule has 228 valence electrons. The van der Waals surface area contributed by atoms with E-state index in [-0.39, 0.29) is 37.7 Å². The van der Waals surface area contributed by atoms with Crippen LogP contribution in [0.2, 0.25) is 0 Å². The van der Waals surface area contributed by atoms with Crippen molar-refractivity contribution >= 4 is 41.5 Å². The van der Waals surface area contributed by atoms with Crippen molar-refractivity contribution in [1.29, 1.82) is 0 Å². The lowest BCUT2D eigenvalue weighted by molar-refractivity contribution is -0.385. The Morgan fingerprint density at radius 3 is 1.77 bits per heavy atom. The molecule has 2 aromatic carbocycles. The van der Waals surface area contributed by atoms with Gasteiger partial charge in [0.1, 0.15) is 25.3 Å². The second kappa shape index (κ2) is 14.7. The fraction of sp³-hybridized carbons (Fsp3) is 0.320. The summed E-state index contributed by atoms with van der Waals surface area (Å²) >= 11 is 0. The maximum atomic E-state index is 12.7. The van der Waals surface area contributed by atoms with E-state index in [0.717, 1.165) is 4.90 Å². The number of benzene rings is 2. The van der Waals surface area contributed by atoms with Gasteiger partial charge in [-0.15, -0.1) is 0 Å². The van der Waals surface area contributed by atoms with Gasteiger partial charge in [-0.2, -0.15) is 0 Å². The summed E-state index contributed by atoms with van der Waals surface area (Å²) in [6, 6.07) is 8.74. The van der Waals surface area contributed by atoms with Crippen molar-refractivity contribution in [3.05, 3.63) is 79.9 Å². The van der Waals surface area contributed by atoms with Gasteiger partial charge in [0.15, 0.2) is 0 Å². The van der Waals surface area contributed by atoms with E-state index in [4.69, 9.17) is 9.47 Å². The summed E-state index contributed by atoms with van der Waals surface area (Å²) in [7, 11) is 0. The predicted molar refractivity (Wildman–Crippen MR) is 143 cm³/mol. The number of rotatable bonds is 9. The average Bonchev–Trinajstić information content (AvgIpc) is 3.44. The minimum absolute atomic E-state index is 0.0256. The molecule has 0 radical (unpaired) electrons. The Morgan fingerprint density at radius 2 is 1.37 bits per heavy atom. The van der Waals surface area contributed by atoms with E-state index in [0.29, 0.717) is 17.5 Å². The molecule has 0 saturated carbocycles. The molecule has 18 nitrogen and oxygen atoms in total. The summed E-state index contributed by atoms with van der Waals surface area (Å²) in [6.45, 7) is 0.968. The molecule has 2 aromatic rings. The second-order valence-electron chi connectivity index (χ2n) is 9.11. The number of carboxylic acid groups (broad SMARTS) is 1. The quantitative estimate of drug-likeness (QED) is 0.158. The van der Waals surface area contributed by atoms with E-state index in [9.17, 15) is 44.5 Å². The number of guanidine groups is 1. The van der Waals surface area contributed by atoms with Crippen LogP contribution in [-0.4, -0.2) is 70.1 Å². The number of carbonyl (C=O) groups excluding carboxylic acids is 4. The third-order valence-corrected chi connectivity index (χ3v) is 5.97. The Labute approximate surface area is 243 Å². The third-order valence-electron chi connectivity index (χ3n) is 5.97. The molecule has 3 N–H and O–H groups in total. The first kappa shape index (κ1) is 31.7. The molecule has 3 rings (SSSR count). The van der Waals surface area contributed by atoms with Crippen LogP contribution in [0, 0.1) is 20.2 Å². The van der Waals surface area contributed by atoms with Crippen LogP contribution in [0.1, 0.15) is 24.5 Å². The number of aliphatic imine (C=N–C) groups is 1. The highest BCUT2D eigenvalue weighted by molar-refractivity contribution is 6.02. The van der Waals surface area contributed by atoms with Crippen LogP contribution in [0.5, 0.6) is 0 Å². The van der Waals surface area contributed by atoms with E-state index < -0.39 is 52.1 Å². The summed E-state index contributed by atoms with van der Waals surface area (Å²) in [5, 5.41) is 39.6. The first-order chi connectivity index (χ1) is 20.4. The molecule has 0 bridgehead atoms. The van der Waals surface area contributed by atoms with Gasteiger partial charge < -0.3 is 29.6 Å². The standard InChI is InChI=1S/C25H27N7O11/c1-15(21(33)27-18-10-11-30(12-18)25(36)37)26-22(28-23(34)42-13-16-2-6-19(7-3-16)31(38)39)29-24(35)43-14-17-4-8-20(9-5-17)32(40)41/h2-9,15,18H,10-14H2,1H3,(H,27,33)(H,36,37)(H2,26,28,29,34,35)/p-1/t15-,18-/m0/s1. The van der Waals surface area contributed by atoms with Gasteiger partial charge in [0.2, 0.25) is 11.9 Å². The van der Waals surface area contributed by atoms with Gasteiger partial charge in [-0.3, -0.25) is 35.7 Å². The highest BCUT2D eigenvalue weighted by Gasteiger charge is 2.26. The molecule has 1 fully saturated rings. The number of nitrogens with one attached hydrogen (secondary N) is 3. The van der Waals surface area contributed by atoms with Crippen LogP contribution >= 0.6 is 0 Å². The maximum Gasteiger partial charge on any atom is 0.414 e. The fourth-order valence-corrected chi connectivity index (χ4v) is 3.70. The fourth-order valence-electron chi connectivity index (χ4n) is 3.70. The lowest BCUT2D eigenvalue weighted by atomic mass is 10.2. The first-order valence-corrected chi connectivity index (χ1v) is 12.6. The number of nitrogens with zero attached hydrogens (tertiary/aromatic N) is 4. The monoisotopic (exact) mass is 600 g/mol. The number of amides is 4. The van der Waals surface area contributed by atoms with Gasteiger partial charge in [-0.1, -0.05) is 0 Å². The van der Waals surface area contributed by atoms with Gasteiger partial charge in [-0.25, -0.2) is 14.6 Å². The van der Waals surface area contributed by atoms with Gasteiger partial charge in [0.25, 0.3) is 11.4 Å². The van der Waals surface area contributed by atoms with E-state index in [2.05, 4.69) is 20.9 Å². The third kappa shape index (κ3) is 9.95. The number of hydrogen-bond donors (Lipinski definition) is 3. The molecule has 0 unspecified atom stereocenters. The largest absolute Gasteiger partial charge is 0.530 e. The van der Waals surface area contributed by atoms with Gasteiger partial charge in [0, 0.05) is 43.4 Å². The Bertz CT molecular complexity index is 1320. The summed E-state index contributed by atoms with van der Waals surface area (Å²) < 4.78 is 10.1. The predicted octanol–water partition coefficient (Wildman–Crippen LogP) is 0.934. The van der Waals surface area contributed by atoms with Crippen LogP contribution in [-0.2, 0) is 27.5 Å². The van der Waals surface area contributed by atoms with Crippen LogP contribution in [0.3, 0.4) is 0 Å². The average molecular weight is 601 g/mol. The zero-order chi connectivity index (χ0) is 31.5. The van der Waals surface area contributed by atoms with Gasteiger partial charge in [-0.05, 0) is 48.7 Å². The molecule has 1 saturated heterocycles. The molecule has 0 aromatic heterocycles. The van der Waals surface area contributed by atoms with Crippen molar-refractivity contribution in [3.63, 3.8) is 0 Å². The minimum atomic E-state index is -1.36. The SMILES string of the molecule is C[C@H](N=C(NC(=O)OCc1ccc([N+](=O)[O-])cc1)NC(=O)OCc1ccc([N+](=O)[O-])cc1)C(=O)N[C@H]1CCN(C(=O)[O-])C1. The zero-order valence-corrected chi connectivity index (χ0v) is 22.6. The number of alkyl carbamates (subject to hydrolysis) is 2. The number of hydrogen-bond acceptors (Lipinski definition) is 12.